The van der Waals surface area contributed by atoms with Gasteiger partial charge >= 0.3 is 0 Å². The molecule has 176 valence electrons. The first-order valence-corrected chi connectivity index (χ1v) is 11.1. The number of halogens is 4. The molecule has 7 nitrogen and oxygen atoms in total. The lowest BCUT2D eigenvalue weighted by Crippen LogP contribution is -2.19. The minimum Gasteiger partial charge on any atom is -0.322 e. The van der Waals surface area contributed by atoms with Crippen LogP contribution in [0.5, 0.6) is 0 Å². The molecule has 1 saturated carbocycles. The van der Waals surface area contributed by atoms with Gasteiger partial charge in [-0.25, -0.2) is 22.8 Å². The summed E-state index contributed by atoms with van der Waals surface area (Å²) >= 11 is 6.06. The highest BCUT2D eigenvalue weighted by Crippen LogP contribution is 2.41. The zero-order valence-corrected chi connectivity index (χ0v) is 18.9. The molecule has 1 amide bonds. The van der Waals surface area contributed by atoms with E-state index in [1.807, 2.05) is 0 Å². The average molecular weight is 489 g/mol. The summed E-state index contributed by atoms with van der Waals surface area (Å²) in [4.78, 5) is 17.2. The summed E-state index contributed by atoms with van der Waals surface area (Å²) in [5.74, 6) is -0.700. The molecule has 0 spiro atoms. The molecule has 1 aliphatic carbocycles. The third kappa shape index (κ3) is 4.37. The number of fused-ring (bicyclic) bond motifs is 1. The maximum absolute atomic E-state index is 14.0. The fourth-order valence-electron chi connectivity index (χ4n) is 3.97. The second-order valence-corrected chi connectivity index (χ2v) is 8.74. The van der Waals surface area contributed by atoms with Gasteiger partial charge in [-0.15, -0.1) is 0 Å². The van der Waals surface area contributed by atoms with Gasteiger partial charge in [0.05, 0.1) is 29.5 Å². The van der Waals surface area contributed by atoms with Gasteiger partial charge in [-0.3, -0.25) is 9.48 Å². The molecule has 4 aromatic rings. The number of alkyl halides is 2. The maximum Gasteiger partial charge on any atom is 0.264 e. The SMILES string of the molecule is Cc1nn(CC(=O)Nc2cnn(Cc3c(F)cccc3Cl)c2)c2nc(C3CC3)cc(C(F)F)c12. The van der Waals surface area contributed by atoms with Gasteiger partial charge in [0.25, 0.3) is 6.43 Å². The van der Waals surface area contributed by atoms with E-state index in [9.17, 15) is 18.0 Å². The highest BCUT2D eigenvalue weighted by molar-refractivity contribution is 6.31. The van der Waals surface area contributed by atoms with Crippen LogP contribution in [0.1, 0.15) is 47.7 Å². The van der Waals surface area contributed by atoms with E-state index >= 15 is 0 Å². The van der Waals surface area contributed by atoms with Crippen molar-refractivity contribution in [1.82, 2.24) is 24.5 Å². The van der Waals surface area contributed by atoms with E-state index in [1.54, 1.807) is 19.2 Å². The van der Waals surface area contributed by atoms with Crippen molar-refractivity contribution in [3.8, 4) is 0 Å². The number of hydrogen-bond acceptors (Lipinski definition) is 4. The minimum atomic E-state index is -2.66. The molecule has 0 radical (unpaired) electrons. The number of aryl methyl sites for hydroxylation is 1. The number of nitrogens with one attached hydrogen (secondary N) is 1. The molecule has 3 aromatic heterocycles. The van der Waals surface area contributed by atoms with Crippen LogP contribution in [0.15, 0.2) is 36.7 Å². The Labute approximate surface area is 197 Å². The van der Waals surface area contributed by atoms with Crippen LogP contribution in [0.25, 0.3) is 11.0 Å². The Hall–Kier alpha value is -3.40. The van der Waals surface area contributed by atoms with Gasteiger partial charge in [-0.05, 0) is 38.0 Å². The Morgan fingerprint density at radius 2 is 2.12 bits per heavy atom. The number of anilines is 1. The number of carbonyl (C=O) groups is 1. The fourth-order valence-corrected chi connectivity index (χ4v) is 4.20. The third-order valence-electron chi connectivity index (χ3n) is 5.75. The number of amides is 1. The van der Waals surface area contributed by atoms with Crippen molar-refractivity contribution >= 4 is 34.2 Å². The summed E-state index contributed by atoms with van der Waals surface area (Å²) in [7, 11) is 0. The number of rotatable bonds is 7. The highest BCUT2D eigenvalue weighted by atomic mass is 35.5. The predicted octanol–water partition coefficient (Wildman–Crippen LogP) is 5.23. The summed E-state index contributed by atoms with van der Waals surface area (Å²) in [6, 6.07) is 5.87. The first-order valence-electron chi connectivity index (χ1n) is 10.7. The molecule has 0 aliphatic heterocycles. The van der Waals surface area contributed by atoms with Crippen molar-refractivity contribution in [2.45, 2.75) is 45.2 Å². The molecule has 0 saturated heterocycles. The fraction of sp³-hybridized carbons (Fsp3) is 0.304. The van der Waals surface area contributed by atoms with Crippen LogP contribution in [-0.4, -0.2) is 30.5 Å². The summed E-state index contributed by atoms with van der Waals surface area (Å²) in [6.45, 7) is 1.51. The predicted molar refractivity (Wildman–Crippen MR) is 121 cm³/mol. The van der Waals surface area contributed by atoms with Crippen molar-refractivity contribution in [3.63, 3.8) is 0 Å². The molecule has 5 rings (SSSR count). The third-order valence-corrected chi connectivity index (χ3v) is 6.10. The number of benzene rings is 1. The molecule has 0 bridgehead atoms. The van der Waals surface area contributed by atoms with E-state index < -0.39 is 18.1 Å². The number of aromatic nitrogens is 5. The zero-order valence-electron chi connectivity index (χ0n) is 18.1. The lowest BCUT2D eigenvalue weighted by molar-refractivity contribution is -0.116. The number of hydrogen-bond donors (Lipinski definition) is 1. The second-order valence-electron chi connectivity index (χ2n) is 8.33. The van der Waals surface area contributed by atoms with E-state index in [0.717, 1.165) is 12.8 Å². The Morgan fingerprint density at radius 3 is 2.82 bits per heavy atom. The molecule has 11 heteroatoms. The Kier molecular flexibility index (Phi) is 5.76. The molecule has 0 atom stereocenters. The largest absolute Gasteiger partial charge is 0.322 e. The van der Waals surface area contributed by atoms with Crippen molar-refractivity contribution in [1.29, 1.82) is 0 Å². The Balaban J connectivity index is 1.35. The van der Waals surface area contributed by atoms with Gasteiger partial charge in [-0.2, -0.15) is 10.2 Å². The van der Waals surface area contributed by atoms with Gasteiger partial charge in [0.1, 0.15) is 12.4 Å². The molecule has 1 fully saturated rings. The topological polar surface area (TPSA) is 77.6 Å². The Morgan fingerprint density at radius 1 is 1.32 bits per heavy atom. The smallest absolute Gasteiger partial charge is 0.264 e. The second kappa shape index (κ2) is 8.75. The van der Waals surface area contributed by atoms with Crippen LogP contribution in [0.4, 0.5) is 18.9 Å². The normalized spacial score (nSPS) is 13.7. The summed E-state index contributed by atoms with van der Waals surface area (Å²) in [6.07, 6.45) is 2.14. The summed E-state index contributed by atoms with van der Waals surface area (Å²) < 4.78 is 44.3. The molecule has 1 aromatic carbocycles. The van der Waals surface area contributed by atoms with E-state index in [4.69, 9.17) is 11.6 Å². The summed E-state index contributed by atoms with van der Waals surface area (Å²) in [5, 5.41) is 11.7. The lowest BCUT2D eigenvalue weighted by atomic mass is 10.1. The highest BCUT2D eigenvalue weighted by Gasteiger charge is 2.29. The molecule has 34 heavy (non-hydrogen) atoms. The molecular formula is C23H20ClF3N6O. The van der Waals surface area contributed by atoms with Gasteiger partial charge in [0.2, 0.25) is 5.91 Å². The van der Waals surface area contributed by atoms with Crippen LogP contribution in [-0.2, 0) is 17.9 Å². The van der Waals surface area contributed by atoms with Crippen LogP contribution >= 0.6 is 11.6 Å². The monoisotopic (exact) mass is 488 g/mol. The quantitative estimate of drug-likeness (QED) is 0.386. The number of pyridine rings is 1. The molecular weight excluding hydrogens is 469 g/mol. The first kappa shape index (κ1) is 22.4. The van der Waals surface area contributed by atoms with Crippen LogP contribution in [0.3, 0.4) is 0 Å². The van der Waals surface area contributed by atoms with Crippen LogP contribution < -0.4 is 5.32 Å². The van der Waals surface area contributed by atoms with Gasteiger partial charge in [-0.1, -0.05) is 17.7 Å². The average Bonchev–Trinajstić information content (AvgIpc) is 3.48. The number of nitrogens with zero attached hydrogens (tertiary/aromatic N) is 5. The zero-order chi connectivity index (χ0) is 24.0. The van der Waals surface area contributed by atoms with Crippen molar-refractivity contribution in [3.05, 3.63) is 70.0 Å². The van der Waals surface area contributed by atoms with E-state index in [2.05, 4.69) is 20.5 Å². The van der Waals surface area contributed by atoms with Gasteiger partial charge < -0.3 is 5.32 Å². The van der Waals surface area contributed by atoms with Gasteiger partial charge in [0.15, 0.2) is 5.65 Å². The molecule has 3 heterocycles. The van der Waals surface area contributed by atoms with Gasteiger partial charge in [0, 0.05) is 34.0 Å². The van der Waals surface area contributed by atoms with E-state index in [0.29, 0.717) is 17.1 Å². The first-order chi connectivity index (χ1) is 16.3. The van der Waals surface area contributed by atoms with Crippen molar-refractivity contribution < 1.29 is 18.0 Å². The molecule has 1 aliphatic rings. The van der Waals surface area contributed by atoms with Crippen molar-refractivity contribution in [2.24, 2.45) is 0 Å². The standard InChI is InChI=1S/C23H20ClF3N6O/c1-12-21-15(22(26)27)7-19(13-5-6-13)30-23(21)33(31-12)11-20(34)29-14-8-28-32(9-14)10-16-17(24)3-2-4-18(16)25/h2-4,7-9,13,22H,5-6,10-11H2,1H3,(H,29,34). The van der Waals surface area contributed by atoms with E-state index in [1.165, 1.54) is 33.8 Å². The number of carbonyl (C=O) groups excluding carboxylic acids is 1. The van der Waals surface area contributed by atoms with E-state index in [-0.39, 0.29) is 46.2 Å². The van der Waals surface area contributed by atoms with Crippen LogP contribution in [0, 0.1) is 12.7 Å². The minimum absolute atomic E-state index is 0.0919. The Bertz CT molecular complexity index is 1370. The molecule has 1 N–H and O–H groups in total. The lowest BCUT2D eigenvalue weighted by Gasteiger charge is -2.08. The summed E-state index contributed by atoms with van der Waals surface area (Å²) in [5.41, 5.74) is 1.85. The van der Waals surface area contributed by atoms with Crippen LogP contribution in [0.2, 0.25) is 5.02 Å². The molecule has 0 unspecified atom stereocenters. The maximum atomic E-state index is 14.0. The van der Waals surface area contributed by atoms with Crippen molar-refractivity contribution in [2.75, 3.05) is 5.32 Å².